The fourth-order valence-electron chi connectivity index (χ4n) is 4.53. The number of benzene rings is 3. The van der Waals surface area contributed by atoms with Crippen LogP contribution in [0.2, 0.25) is 0 Å². The fourth-order valence-corrected chi connectivity index (χ4v) is 5.86. The Hall–Kier alpha value is -3.69. The van der Waals surface area contributed by atoms with E-state index in [1.54, 1.807) is 36.4 Å². The number of fused-ring (bicyclic) bond motifs is 1. The molecule has 0 amide bonds. The Labute approximate surface area is 210 Å². The van der Waals surface area contributed by atoms with Gasteiger partial charge < -0.3 is 10.5 Å². The van der Waals surface area contributed by atoms with Gasteiger partial charge in [0, 0.05) is 22.9 Å². The van der Waals surface area contributed by atoms with E-state index in [1.807, 2.05) is 18.2 Å². The summed E-state index contributed by atoms with van der Waals surface area (Å²) in [6, 6.07) is 18.4. The maximum Gasteiger partial charge on any atom is 0.332 e. The highest BCUT2D eigenvalue weighted by molar-refractivity contribution is 7.99. The number of nitrogens with zero attached hydrogens (tertiary/aromatic N) is 2. The summed E-state index contributed by atoms with van der Waals surface area (Å²) in [5.41, 5.74) is 6.19. The maximum atomic E-state index is 15.4. The zero-order chi connectivity index (χ0) is 25.4. The molecule has 1 aliphatic heterocycles. The van der Waals surface area contributed by atoms with Crippen LogP contribution in [-0.2, 0) is 6.54 Å². The van der Waals surface area contributed by atoms with Gasteiger partial charge in [-0.05, 0) is 17.7 Å². The zero-order valence-corrected chi connectivity index (χ0v) is 20.2. The highest BCUT2D eigenvalue weighted by Gasteiger charge is 2.34. The number of hydrogen-bond acceptors (Lipinski definition) is 5. The first kappa shape index (κ1) is 24.0. The molecule has 6 nitrogen and oxygen atoms in total. The molecule has 2 atom stereocenters. The highest BCUT2D eigenvalue weighted by Crippen LogP contribution is 2.41. The second-order valence-electron chi connectivity index (χ2n) is 8.44. The smallest absolute Gasteiger partial charge is 0.332 e. The number of rotatable bonds is 6. The van der Waals surface area contributed by atoms with Crippen molar-refractivity contribution in [1.82, 2.24) is 9.13 Å². The molecule has 0 saturated carbocycles. The van der Waals surface area contributed by atoms with Gasteiger partial charge >= 0.3 is 5.69 Å². The van der Waals surface area contributed by atoms with E-state index in [-0.39, 0.29) is 28.4 Å². The average molecular weight is 508 g/mol. The van der Waals surface area contributed by atoms with Gasteiger partial charge in [0.25, 0.3) is 5.56 Å². The molecule has 3 aromatic carbocycles. The van der Waals surface area contributed by atoms with Crippen molar-refractivity contribution in [1.29, 1.82) is 0 Å². The van der Waals surface area contributed by atoms with E-state index in [1.165, 1.54) is 41.6 Å². The van der Waals surface area contributed by atoms with Crippen molar-refractivity contribution in [2.75, 3.05) is 12.9 Å². The minimum atomic E-state index is -0.715. The summed E-state index contributed by atoms with van der Waals surface area (Å²) in [6.07, 6.45) is 0. The molecule has 1 unspecified atom stereocenters. The molecule has 1 aromatic heterocycles. The van der Waals surface area contributed by atoms with E-state index in [4.69, 9.17) is 10.5 Å². The van der Waals surface area contributed by atoms with Gasteiger partial charge in [-0.3, -0.25) is 13.9 Å². The van der Waals surface area contributed by atoms with Gasteiger partial charge in [0.2, 0.25) is 0 Å². The molecule has 9 heteroatoms. The topological polar surface area (TPSA) is 79.2 Å². The van der Waals surface area contributed by atoms with Crippen molar-refractivity contribution in [3.63, 3.8) is 0 Å². The van der Waals surface area contributed by atoms with E-state index in [0.717, 1.165) is 10.1 Å². The van der Waals surface area contributed by atoms with E-state index >= 15 is 4.39 Å². The number of halogens is 2. The average Bonchev–Trinajstić information content (AvgIpc) is 3.33. The number of nitrogens with two attached hydrogens (primary N) is 1. The lowest BCUT2D eigenvalue weighted by atomic mass is 10.0. The van der Waals surface area contributed by atoms with Crippen LogP contribution < -0.4 is 21.7 Å². The van der Waals surface area contributed by atoms with Crippen LogP contribution in [0.25, 0.3) is 11.1 Å². The van der Waals surface area contributed by atoms with Gasteiger partial charge in [0.05, 0.1) is 30.3 Å². The summed E-state index contributed by atoms with van der Waals surface area (Å²) in [5.74, 6) is -0.899. The van der Waals surface area contributed by atoms with E-state index in [0.29, 0.717) is 11.3 Å². The summed E-state index contributed by atoms with van der Waals surface area (Å²) < 4.78 is 37.7. The Balaban J connectivity index is 1.77. The molecular weight excluding hydrogens is 484 g/mol. The van der Waals surface area contributed by atoms with Crippen LogP contribution in [0.3, 0.4) is 0 Å². The molecule has 0 fully saturated rings. The molecule has 1 aliphatic rings. The highest BCUT2D eigenvalue weighted by atomic mass is 32.2. The van der Waals surface area contributed by atoms with Gasteiger partial charge in [-0.2, -0.15) is 0 Å². The first-order valence-corrected chi connectivity index (χ1v) is 12.3. The first-order chi connectivity index (χ1) is 17.4. The van der Waals surface area contributed by atoms with Crippen molar-refractivity contribution in [2.45, 2.75) is 23.7 Å². The molecular formula is C27H23F2N3O3S. The fraction of sp³-hybridized carbons (Fsp3) is 0.185. The third-order valence-corrected chi connectivity index (χ3v) is 7.50. The van der Waals surface area contributed by atoms with Gasteiger partial charge in [-0.25, -0.2) is 13.6 Å². The standard InChI is InChI=1S/C27H23F2N3O3S/c1-35-22-13-7-11-18(24(22)29)23-25(33)31(14-20(30)16-8-3-2-4-9-16)27(34)32-21(15-36-26(23)32)17-10-5-6-12-19(17)28/h2-13,20-21H,14-15,30H2,1H3/t20-,21?/m0/s1. The van der Waals surface area contributed by atoms with E-state index < -0.39 is 35.0 Å². The van der Waals surface area contributed by atoms with Gasteiger partial charge in [-0.1, -0.05) is 60.7 Å². The normalized spacial score (nSPS) is 15.5. The van der Waals surface area contributed by atoms with Crippen molar-refractivity contribution in [3.05, 3.63) is 116 Å². The molecule has 0 aliphatic carbocycles. The van der Waals surface area contributed by atoms with Crippen molar-refractivity contribution >= 4 is 11.8 Å². The molecule has 0 bridgehead atoms. The lowest BCUT2D eigenvalue weighted by Crippen LogP contribution is -2.44. The first-order valence-electron chi connectivity index (χ1n) is 11.3. The third kappa shape index (κ3) is 4.04. The summed E-state index contributed by atoms with van der Waals surface area (Å²) in [4.78, 5) is 27.5. The molecule has 5 rings (SSSR count). The Morgan fingerprint density at radius 1 is 1.03 bits per heavy atom. The molecule has 0 radical (unpaired) electrons. The Morgan fingerprint density at radius 2 is 1.75 bits per heavy atom. The van der Waals surface area contributed by atoms with Crippen LogP contribution in [0.15, 0.2) is 87.4 Å². The molecule has 2 heterocycles. The molecule has 2 N–H and O–H groups in total. The number of hydrogen-bond donors (Lipinski definition) is 1. The maximum absolute atomic E-state index is 15.4. The minimum absolute atomic E-state index is 0.00631. The zero-order valence-electron chi connectivity index (χ0n) is 19.4. The van der Waals surface area contributed by atoms with Crippen LogP contribution in [0.4, 0.5) is 8.78 Å². The van der Waals surface area contributed by atoms with Gasteiger partial charge in [0.1, 0.15) is 5.82 Å². The quantitative estimate of drug-likeness (QED) is 0.393. The number of thioether (sulfide) groups is 1. The van der Waals surface area contributed by atoms with Crippen LogP contribution in [-0.4, -0.2) is 22.0 Å². The lowest BCUT2D eigenvalue weighted by molar-refractivity contribution is 0.387. The van der Waals surface area contributed by atoms with Crippen LogP contribution in [0.1, 0.15) is 23.2 Å². The summed E-state index contributed by atoms with van der Waals surface area (Å²) in [6.45, 7) is -0.130. The van der Waals surface area contributed by atoms with Gasteiger partial charge in [-0.15, -0.1) is 11.8 Å². The van der Waals surface area contributed by atoms with Crippen molar-refractivity contribution in [3.8, 4) is 16.9 Å². The van der Waals surface area contributed by atoms with Crippen LogP contribution >= 0.6 is 11.8 Å². The second kappa shape index (κ2) is 9.75. The molecule has 0 spiro atoms. The SMILES string of the molecule is COc1cccc(-c2c3n(c(=O)n(C[C@H](N)c4ccccc4)c2=O)C(c2ccccc2F)CS3)c1F. The number of aromatic nitrogens is 2. The third-order valence-electron chi connectivity index (χ3n) is 6.34. The molecule has 36 heavy (non-hydrogen) atoms. The monoisotopic (exact) mass is 507 g/mol. The van der Waals surface area contributed by atoms with Gasteiger partial charge in [0.15, 0.2) is 11.6 Å². The number of ether oxygens (including phenoxy) is 1. The summed E-state index contributed by atoms with van der Waals surface area (Å²) in [5, 5.41) is 0.287. The largest absolute Gasteiger partial charge is 0.494 e. The summed E-state index contributed by atoms with van der Waals surface area (Å²) >= 11 is 1.22. The minimum Gasteiger partial charge on any atom is -0.494 e. The van der Waals surface area contributed by atoms with Crippen LogP contribution in [0, 0.1) is 11.6 Å². The van der Waals surface area contributed by atoms with Crippen molar-refractivity contribution in [2.24, 2.45) is 5.73 Å². The summed E-state index contributed by atoms with van der Waals surface area (Å²) in [7, 11) is 1.34. The lowest BCUT2D eigenvalue weighted by Gasteiger charge is -2.21. The van der Waals surface area contributed by atoms with E-state index in [2.05, 4.69) is 0 Å². The second-order valence-corrected chi connectivity index (χ2v) is 9.44. The number of methoxy groups -OCH3 is 1. The van der Waals surface area contributed by atoms with Crippen molar-refractivity contribution < 1.29 is 13.5 Å². The Bertz CT molecular complexity index is 1550. The van der Waals surface area contributed by atoms with Crippen LogP contribution in [0.5, 0.6) is 5.75 Å². The Kier molecular flexibility index (Phi) is 6.51. The molecule has 4 aromatic rings. The predicted molar refractivity (Wildman–Crippen MR) is 136 cm³/mol. The Morgan fingerprint density at radius 3 is 2.47 bits per heavy atom. The predicted octanol–water partition coefficient (Wildman–Crippen LogP) is 4.36. The van der Waals surface area contributed by atoms with E-state index in [9.17, 15) is 14.0 Å². The molecule has 184 valence electrons. The molecule has 0 saturated heterocycles.